The average molecular weight is 258 g/mol. The van der Waals surface area contributed by atoms with Crippen LogP contribution in [0.3, 0.4) is 0 Å². The second-order valence-corrected chi connectivity index (χ2v) is 4.22. The molecule has 1 unspecified atom stereocenters. The van der Waals surface area contributed by atoms with Gasteiger partial charge in [0.25, 0.3) is 5.91 Å². The molecule has 17 heavy (non-hydrogen) atoms. The maximum Gasteiger partial charge on any atom is 0.260 e. The van der Waals surface area contributed by atoms with Gasteiger partial charge in [0.15, 0.2) is 6.61 Å². The maximum absolute atomic E-state index is 11.7. The van der Waals surface area contributed by atoms with E-state index in [2.05, 4.69) is 0 Å². The third-order valence-electron chi connectivity index (χ3n) is 2.48. The van der Waals surface area contributed by atoms with E-state index in [9.17, 15) is 4.79 Å². The molecule has 0 fully saturated rings. The van der Waals surface area contributed by atoms with Gasteiger partial charge in [-0.05, 0) is 25.1 Å². The Morgan fingerprint density at radius 2 is 2.29 bits per heavy atom. The smallest absolute Gasteiger partial charge is 0.260 e. The number of likely N-dealkylation sites (N-methyl/N-ethyl adjacent to an activating group) is 1. The Morgan fingerprint density at radius 1 is 1.59 bits per heavy atom. The number of rotatable bonds is 5. The number of hydrogen-bond acceptors (Lipinski definition) is 3. The van der Waals surface area contributed by atoms with Crippen LogP contribution < -0.4 is 4.74 Å². The van der Waals surface area contributed by atoms with Crippen molar-refractivity contribution in [2.45, 2.75) is 13.0 Å². The average Bonchev–Trinajstić information content (AvgIpc) is 2.34. The monoisotopic (exact) mass is 257 g/mol. The van der Waals surface area contributed by atoms with Crippen molar-refractivity contribution in [2.24, 2.45) is 0 Å². The summed E-state index contributed by atoms with van der Waals surface area (Å²) in [5, 5.41) is 9.49. The number of carbonyl (C=O) groups is 1. The first-order valence-corrected chi connectivity index (χ1v) is 5.67. The van der Waals surface area contributed by atoms with Gasteiger partial charge in [-0.3, -0.25) is 4.79 Å². The number of benzene rings is 1. The number of amides is 1. The molecule has 1 rings (SSSR count). The zero-order valence-electron chi connectivity index (χ0n) is 9.89. The quantitative estimate of drug-likeness (QED) is 0.871. The van der Waals surface area contributed by atoms with Crippen LogP contribution >= 0.6 is 11.6 Å². The lowest BCUT2D eigenvalue weighted by Gasteiger charge is -2.23. The SMILES string of the molecule is CC(CO)N(C)C(=O)COc1cccc(Cl)c1. The number of hydrogen-bond donors (Lipinski definition) is 1. The van der Waals surface area contributed by atoms with Crippen molar-refractivity contribution in [3.63, 3.8) is 0 Å². The van der Waals surface area contributed by atoms with Gasteiger partial charge in [-0.1, -0.05) is 17.7 Å². The van der Waals surface area contributed by atoms with Crippen molar-refractivity contribution in [3.8, 4) is 5.75 Å². The fraction of sp³-hybridized carbons (Fsp3) is 0.417. The van der Waals surface area contributed by atoms with Crippen LogP contribution in [0.2, 0.25) is 5.02 Å². The molecule has 0 aromatic heterocycles. The molecule has 0 bridgehead atoms. The summed E-state index contributed by atoms with van der Waals surface area (Å²) in [4.78, 5) is 13.1. The molecule has 94 valence electrons. The van der Waals surface area contributed by atoms with E-state index in [0.29, 0.717) is 10.8 Å². The van der Waals surface area contributed by atoms with E-state index in [-0.39, 0.29) is 25.2 Å². The molecular formula is C12H16ClNO3. The maximum atomic E-state index is 11.7. The van der Waals surface area contributed by atoms with Crippen molar-refractivity contribution in [2.75, 3.05) is 20.3 Å². The fourth-order valence-corrected chi connectivity index (χ4v) is 1.35. The van der Waals surface area contributed by atoms with Crippen LogP contribution in [-0.4, -0.2) is 42.2 Å². The van der Waals surface area contributed by atoms with Gasteiger partial charge in [0.1, 0.15) is 5.75 Å². The summed E-state index contributed by atoms with van der Waals surface area (Å²) >= 11 is 5.79. The zero-order chi connectivity index (χ0) is 12.8. The summed E-state index contributed by atoms with van der Waals surface area (Å²) in [6.07, 6.45) is 0. The first-order chi connectivity index (χ1) is 8.04. The molecule has 5 heteroatoms. The molecule has 0 saturated heterocycles. The first-order valence-electron chi connectivity index (χ1n) is 5.29. The van der Waals surface area contributed by atoms with Crippen LogP contribution in [0, 0.1) is 0 Å². The van der Waals surface area contributed by atoms with Crippen molar-refractivity contribution in [1.29, 1.82) is 0 Å². The lowest BCUT2D eigenvalue weighted by Crippen LogP contribution is -2.40. The minimum atomic E-state index is -0.217. The van der Waals surface area contributed by atoms with Crippen molar-refractivity contribution in [3.05, 3.63) is 29.3 Å². The minimum Gasteiger partial charge on any atom is -0.484 e. The van der Waals surface area contributed by atoms with Crippen LogP contribution in [0.15, 0.2) is 24.3 Å². The zero-order valence-corrected chi connectivity index (χ0v) is 10.6. The standard InChI is InChI=1S/C12H16ClNO3/c1-9(7-15)14(2)12(16)8-17-11-5-3-4-10(13)6-11/h3-6,9,15H,7-8H2,1-2H3. The van der Waals surface area contributed by atoms with Gasteiger partial charge >= 0.3 is 0 Å². The second-order valence-electron chi connectivity index (χ2n) is 3.78. The van der Waals surface area contributed by atoms with Gasteiger partial charge in [0, 0.05) is 12.1 Å². The number of halogens is 1. The minimum absolute atomic E-state index is 0.0683. The Kier molecular flexibility index (Phi) is 5.25. The summed E-state index contributed by atoms with van der Waals surface area (Å²) in [6, 6.07) is 6.64. The van der Waals surface area contributed by atoms with Gasteiger partial charge in [-0.15, -0.1) is 0 Å². The highest BCUT2D eigenvalue weighted by molar-refractivity contribution is 6.30. The number of carbonyl (C=O) groups excluding carboxylic acids is 1. The Labute approximate surface area is 106 Å². The van der Waals surface area contributed by atoms with Crippen LogP contribution in [-0.2, 0) is 4.79 Å². The number of ether oxygens (including phenoxy) is 1. The first kappa shape index (κ1) is 13.8. The molecule has 1 N–H and O–H groups in total. The molecule has 0 radical (unpaired) electrons. The molecule has 1 amide bonds. The van der Waals surface area contributed by atoms with E-state index in [4.69, 9.17) is 21.4 Å². The molecule has 0 aliphatic carbocycles. The summed E-state index contributed by atoms with van der Waals surface area (Å²) in [6.45, 7) is 1.62. The van der Waals surface area contributed by atoms with Crippen molar-refractivity contribution >= 4 is 17.5 Å². The predicted octanol–water partition coefficient (Wildman–Crippen LogP) is 1.56. The van der Waals surface area contributed by atoms with Gasteiger partial charge in [0.2, 0.25) is 0 Å². The Balaban J connectivity index is 2.48. The van der Waals surface area contributed by atoms with E-state index in [1.807, 2.05) is 0 Å². The van der Waals surface area contributed by atoms with Gasteiger partial charge < -0.3 is 14.7 Å². The van der Waals surface area contributed by atoms with Crippen molar-refractivity contribution in [1.82, 2.24) is 4.90 Å². The second kappa shape index (κ2) is 6.47. The highest BCUT2D eigenvalue weighted by Gasteiger charge is 2.15. The molecule has 0 aliphatic heterocycles. The molecule has 0 spiro atoms. The molecular weight excluding hydrogens is 242 g/mol. The molecule has 4 nitrogen and oxygen atoms in total. The molecule has 0 heterocycles. The number of nitrogens with zero attached hydrogens (tertiary/aromatic N) is 1. The largest absolute Gasteiger partial charge is 0.484 e. The van der Waals surface area contributed by atoms with Gasteiger partial charge in [-0.2, -0.15) is 0 Å². The molecule has 1 atom stereocenters. The van der Waals surface area contributed by atoms with Crippen LogP contribution in [0.4, 0.5) is 0 Å². The topological polar surface area (TPSA) is 49.8 Å². The lowest BCUT2D eigenvalue weighted by atomic mass is 10.3. The third kappa shape index (κ3) is 4.24. The molecule has 0 saturated carbocycles. The summed E-state index contributed by atoms with van der Waals surface area (Å²) < 4.78 is 5.31. The van der Waals surface area contributed by atoms with Crippen molar-refractivity contribution < 1.29 is 14.6 Å². The molecule has 0 aliphatic rings. The van der Waals surface area contributed by atoms with E-state index < -0.39 is 0 Å². The normalized spacial score (nSPS) is 12.0. The molecule has 1 aromatic carbocycles. The van der Waals surface area contributed by atoms with Gasteiger partial charge in [0.05, 0.1) is 12.6 Å². The summed E-state index contributed by atoms with van der Waals surface area (Å²) in [7, 11) is 1.63. The highest BCUT2D eigenvalue weighted by atomic mass is 35.5. The Hall–Kier alpha value is -1.26. The predicted molar refractivity (Wildman–Crippen MR) is 66.3 cm³/mol. The molecule has 1 aromatic rings. The van der Waals surface area contributed by atoms with E-state index in [0.717, 1.165) is 0 Å². The fourth-order valence-electron chi connectivity index (χ4n) is 1.17. The third-order valence-corrected chi connectivity index (χ3v) is 2.71. The summed E-state index contributed by atoms with van der Waals surface area (Å²) in [5.41, 5.74) is 0. The van der Waals surface area contributed by atoms with Gasteiger partial charge in [-0.25, -0.2) is 0 Å². The summed E-state index contributed by atoms with van der Waals surface area (Å²) in [5.74, 6) is 0.363. The Bertz CT molecular complexity index is 384. The number of aliphatic hydroxyl groups excluding tert-OH is 1. The van der Waals surface area contributed by atoms with Crippen LogP contribution in [0.5, 0.6) is 5.75 Å². The Morgan fingerprint density at radius 3 is 2.88 bits per heavy atom. The van der Waals surface area contributed by atoms with E-state index in [1.165, 1.54) is 4.90 Å². The van der Waals surface area contributed by atoms with Crippen LogP contribution in [0.25, 0.3) is 0 Å². The van der Waals surface area contributed by atoms with E-state index in [1.54, 1.807) is 38.2 Å². The lowest BCUT2D eigenvalue weighted by molar-refractivity contribution is -0.134. The van der Waals surface area contributed by atoms with Crippen LogP contribution in [0.1, 0.15) is 6.92 Å². The van der Waals surface area contributed by atoms with E-state index >= 15 is 0 Å². The highest BCUT2D eigenvalue weighted by Crippen LogP contribution is 2.17. The number of aliphatic hydroxyl groups is 1.